The fourth-order valence-corrected chi connectivity index (χ4v) is 1.71. The van der Waals surface area contributed by atoms with Crippen molar-refractivity contribution >= 4 is 5.91 Å². The molecule has 0 aliphatic heterocycles. The minimum atomic E-state index is -4.36. The van der Waals surface area contributed by atoms with Crippen LogP contribution in [-0.4, -0.2) is 46.1 Å². The van der Waals surface area contributed by atoms with Crippen molar-refractivity contribution in [3.05, 3.63) is 23.8 Å². The van der Waals surface area contributed by atoms with E-state index in [1.54, 1.807) is 18.2 Å². The number of halogens is 3. The Morgan fingerprint density at radius 3 is 2.55 bits per heavy atom. The highest BCUT2D eigenvalue weighted by Crippen LogP contribution is 2.24. The SMILES string of the molecule is COc1ccc(OC)c(CC(=O)NCCOCC(F)(F)F)c1. The molecule has 22 heavy (non-hydrogen) atoms. The summed E-state index contributed by atoms with van der Waals surface area (Å²) >= 11 is 0. The maximum Gasteiger partial charge on any atom is 0.411 e. The zero-order valence-corrected chi connectivity index (χ0v) is 12.3. The van der Waals surface area contributed by atoms with Gasteiger partial charge in [-0.2, -0.15) is 13.2 Å². The third-order valence-corrected chi connectivity index (χ3v) is 2.67. The van der Waals surface area contributed by atoms with E-state index in [1.165, 1.54) is 14.2 Å². The molecule has 0 radical (unpaired) electrons. The Morgan fingerprint density at radius 1 is 1.23 bits per heavy atom. The quantitative estimate of drug-likeness (QED) is 0.744. The second-order valence-corrected chi connectivity index (χ2v) is 4.37. The first kappa shape index (κ1) is 18.1. The van der Waals surface area contributed by atoms with Crippen LogP contribution in [0.1, 0.15) is 5.56 Å². The molecule has 0 saturated carbocycles. The second-order valence-electron chi connectivity index (χ2n) is 4.37. The summed E-state index contributed by atoms with van der Waals surface area (Å²) < 4.78 is 50.1. The lowest BCUT2D eigenvalue weighted by molar-refractivity contribution is -0.173. The number of nitrogens with one attached hydrogen (secondary N) is 1. The number of carbonyl (C=O) groups excluding carboxylic acids is 1. The van der Waals surface area contributed by atoms with Crippen molar-refractivity contribution in [2.45, 2.75) is 12.6 Å². The summed E-state index contributed by atoms with van der Waals surface area (Å²) in [6.45, 7) is -1.53. The van der Waals surface area contributed by atoms with Gasteiger partial charge in [0.15, 0.2) is 0 Å². The van der Waals surface area contributed by atoms with Crippen LogP contribution in [0.15, 0.2) is 18.2 Å². The lowest BCUT2D eigenvalue weighted by Gasteiger charge is -2.11. The molecule has 0 spiro atoms. The van der Waals surface area contributed by atoms with E-state index in [9.17, 15) is 18.0 Å². The van der Waals surface area contributed by atoms with Crippen LogP contribution in [0.4, 0.5) is 13.2 Å². The number of rotatable bonds is 8. The molecule has 0 bridgehead atoms. The van der Waals surface area contributed by atoms with Gasteiger partial charge in [-0.25, -0.2) is 0 Å². The molecular formula is C14H18F3NO4. The molecule has 0 atom stereocenters. The second kappa shape index (κ2) is 8.47. The van der Waals surface area contributed by atoms with Crippen LogP contribution in [0.5, 0.6) is 11.5 Å². The van der Waals surface area contributed by atoms with E-state index in [-0.39, 0.29) is 25.5 Å². The van der Waals surface area contributed by atoms with Gasteiger partial charge in [-0.05, 0) is 18.2 Å². The van der Waals surface area contributed by atoms with E-state index in [0.29, 0.717) is 17.1 Å². The van der Waals surface area contributed by atoms with Gasteiger partial charge in [0.2, 0.25) is 5.91 Å². The number of alkyl halides is 3. The molecule has 0 saturated heterocycles. The first-order valence-electron chi connectivity index (χ1n) is 6.48. The number of benzene rings is 1. The Balaban J connectivity index is 2.42. The summed E-state index contributed by atoms with van der Waals surface area (Å²) in [6, 6.07) is 5.04. The monoisotopic (exact) mass is 321 g/mol. The summed E-state index contributed by atoms with van der Waals surface area (Å²) in [7, 11) is 2.98. The maximum absolute atomic E-state index is 11.8. The van der Waals surface area contributed by atoms with Gasteiger partial charge in [0.05, 0.1) is 27.2 Å². The number of hydrogen-bond donors (Lipinski definition) is 1. The fraction of sp³-hybridized carbons (Fsp3) is 0.500. The molecule has 8 heteroatoms. The number of hydrogen-bond acceptors (Lipinski definition) is 4. The van der Waals surface area contributed by atoms with E-state index < -0.39 is 12.8 Å². The van der Waals surface area contributed by atoms with Crippen molar-refractivity contribution in [1.29, 1.82) is 0 Å². The summed E-state index contributed by atoms with van der Waals surface area (Å²) in [4.78, 5) is 11.8. The summed E-state index contributed by atoms with van der Waals surface area (Å²) in [5.74, 6) is 0.767. The normalized spacial score (nSPS) is 11.1. The molecule has 1 amide bonds. The summed E-state index contributed by atoms with van der Waals surface area (Å²) in [5, 5.41) is 2.48. The Hall–Kier alpha value is -1.96. The third-order valence-electron chi connectivity index (χ3n) is 2.67. The van der Waals surface area contributed by atoms with Gasteiger partial charge in [0.25, 0.3) is 0 Å². The highest BCUT2D eigenvalue weighted by Gasteiger charge is 2.27. The van der Waals surface area contributed by atoms with Crippen LogP contribution in [0.2, 0.25) is 0 Å². The van der Waals surface area contributed by atoms with Crippen molar-refractivity contribution in [3.63, 3.8) is 0 Å². The van der Waals surface area contributed by atoms with Crippen molar-refractivity contribution in [2.24, 2.45) is 0 Å². The van der Waals surface area contributed by atoms with E-state index in [4.69, 9.17) is 9.47 Å². The van der Waals surface area contributed by atoms with Crippen molar-refractivity contribution < 1.29 is 32.2 Å². The molecule has 0 fully saturated rings. The summed E-state index contributed by atoms with van der Waals surface area (Å²) in [6.07, 6.45) is -4.34. The molecule has 0 aromatic heterocycles. The molecule has 1 rings (SSSR count). The van der Waals surface area contributed by atoms with Gasteiger partial charge >= 0.3 is 6.18 Å². The van der Waals surface area contributed by atoms with Crippen LogP contribution in [0.25, 0.3) is 0 Å². The topological polar surface area (TPSA) is 56.8 Å². The van der Waals surface area contributed by atoms with E-state index in [1.807, 2.05) is 0 Å². The molecular weight excluding hydrogens is 303 g/mol. The molecule has 124 valence electrons. The Kier molecular flexibility index (Phi) is 6.97. The number of ether oxygens (including phenoxy) is 3. The average Bonchev–Trinajstić information content (AvgIpc) is 2.45. The maximum atomic E-state index is 11.8. The van der Waals surface area contributed by atoms with Crippen molar-refractivity contribution in [2.75, 3.05) is 34.0 Å². The zero-order valence-electron chi connectivity index (χ0n) is 12.3. The van der Waals surface area contributed by atoms with E-state index >= 15 is 0 Å². The Bertz CT molecular complexity index is 491. The zero-order chi connectivity index (χ0) is 16.6. The average molecular weight is 321 g/mol. The molecule has 0 aliphatic rings. The first-order valence-corrected chi connectivity index (χ1v) is 6.48. The van der Waals surface area contributed by atoms with Crippen LogP contribution in [0, 0.1) is 0 Å². The molecule has 0 unspecified atom stereocenters. The molecule has 0 heterocycles. The predicted octanol–water partition coefficient (Wildman–Crippen LogP) is 1.94. The number of amides is 1. The van der Waals surface area contributed by atoms with Crippen molar-refractivity contribution in [3.8, 4) is 11.5 Å². The van der Waals surface area contributed by atoms with Gasteiger partial charge in [-0.1, -0.05) is 0 Å². The third kappa shape index (κ3) is 6.66. The molecule has 1 aromatic carbocycles. The largest absolute Gasteiger partial charge is 0.497 e. The Morgan fingerprint density at radius 2 is 1.95 bits per heavy atom. The first-order chi connectivity index (χ1) is 10.4. The number of carbonyl (C=O) groups is 1. The smallest absolute Gasteiger partial charge is 0.411 e. The molecule has 0 aliphatic carbocycles. The minimum Gasteiger partial charge on any atom is -0.497 e. The lowest BCUT2D eigenvalue weighted by atomic mass is 10.1. The molecule has 1 N–H and O–H groups in total. The lowest BCUT2D eigenvalue weighted by Crippen LogP contribution is -2.30. The van der Waals surface area contributed by atoms with Crippen LogP contribution in [-0.2, 0) is 16.0 Å². The van der Waals surface area contributed by atoms with Crippen LogP contribution in [0.3, 0.4) is 0 Å². The standard InChI is InChI=1S/C14H18F3NO4/c1-20-11-3-4-12(21-2)10(7-11)8-13(19)18-5-6-22-9-14(15,16)17/h3-4,7H,5-6,8-9H2,1-2H3,(H,18,19). The Labute approximate surface area is 126 Å². The molecule has 5 nitrogen and oxygen atoms in total. The van der Waals surface area contributed by atoms with Gasteiger partial charge in [0, 0.05) is 12.1 Å². The van der Waals surface area contributed by atoms with Crippen molar-refractivity contribution in [1.82, 2.24) is 5.32 Å². The van der Waals surface area contributed by atoms with Gasteiger partial charge < -0.3 is 19.5 Å². The minimum absolute atomic E-state index is 0.00119. The van der Waals surface area contributed by atoms with E-state index in [0.717, 1.165) is 0 Å². The van der Waals surface area contributed by atoms with Crippen LogP contribution >= 0.6 is 0 Å². The van der Waals surface area contributed by atoms with Crippen LogP contribution < -0.4 is 14.8 Å². The number of methoxy groups -OCH3 is 2. The highest BCUT2D eigenvalue weighted by molar-refractivity contribution is 5.79. The highest BCUT2D eigenvalue weighted by atomic mass is 19.4. The molecule has 1 aromatic rings. The van der Waals surface area contributed by atoms with Gasteiger partial charge in [-0.3, -0.25) is 4.79 Å². The predicted molar refractivity (Wildman–Crippen MR) is 73.1 cm³/mol. The fourth-order valence-electron chi connectivity index (χ4n) is 1.71. The van der Waals surface area contributed by atoms with Gasteiger partial charge in [-0.15, -0.1) is 0 Å². The summed E-state index contributed by atoms with van der Waals surface area (Å²) in [5.41, 5.74) is 0.621. The van der Waals surface area contributed by atoms with Gasteiger partial charge in [0.1, 0.15) is 18.1 Å². The van der Waals surface area contributed by atoms with E-state index in [2.05, 4.69) is 10.1 Å².